The standard InChI is InChI=1S/C25H30N4O2/c1-18-10-11-22(14-19(18)2)28-16-27(12-7-13-30)17-29-24(31)23(20(3)26-25(28)29)15-21-8-5-4-6-9-21/h4-6,8-11,14,30H,7,12-13,15-17H2,1-3H3. The average Bonchev–Trinajstić information content (AvgIpc) is 2.77. The summed E-state index contributed by atoms with van der Waals surface area (Å²) in [5.74, 6) is 0.683. The first kappa shape index (κ1) is 21.3. The number of hydrogen-bond acceptors (Lipinski definition) is 5. The molecule has 31 heavy (non-hydrogen) atoms. The number of rotatable bonds is 6. The summed E-state index contributed by atoms with van der Waals surface area (Å²) in [5, 5.41) is 9.32. The van der Waals surface area contributed by atoms with Gasteiger partial charge in [-0.3, -0.25) is 19.2 Å². The molecule has 0 atom stereocenters. The Bertz CT molecular complexity index is 1120. The zero-order chi connectivity index (χ0) is 22.0. The zero-order valence-corrected chi connectivity index (χ0v) is 18.5. The van der Waals surface area contributed by atoms with Crippen LogP contribution in [0.4, 0.5) is 11.6 Å². The maximum atomic E-state index is 13.6. The zero-order valence-electron chi connectivity index (χ0n) is 18.5. The van der Waals surface area contributed by atoms with Crippen molar-refractivity contribution in [2.75, 3.05) is 24.7 Å². The largest absolute Gasteiger partial charge is 0.396 e. The van der Waals surface area contributed by atoms with E-state index >= 15 is 0 Å². The maximum absolute atomic E-state index is 13.6. The van der Waals surface area contributed by atoms with Crippen LogP contribution >= 0.6 is 0 Å². The van der Waals surface area contributed by atoms with Crippen molar-refractivity contribution in [3.05, 3.63) is 86.8 Å². The molecule has 0 fully saturated rings. The van der Waals surface area contributed by atoms with E-state index in [9.17, 15) is 9.90 Å². The molecular weight excluding hydrogens is 388 g/mol. The van der Waals surface area contributed by atoms with Gasteiger partial charge in [-0.15, -0.1) is 0 Å². The monoisotopic (exact) mass is 418 g/mol. The molecule has 2 heterocycles. The fourth-order valence-corrected chi connectivity index (χ4v) is 4.06. The van der Waals surface area contributed by atoms with E-state index in [0.29, 0.717) is 38.7 Å². The number of nitrogens with zero attached hydrogens (tertiary/aromatic N) is 4. The van der Waals surface area contributed by atoms with Crippen molar-refractivity contribution >= 4 is 11.6 Å². The molecule has 0 saturated heterocycles. The molecule has 1 aromatic heterocycles. The molecule has 0 amide bonds. The maximum Gasteiger partial charge on any atom is 0.259 e. The molecule has 0 aliphatic carbocycles. The van der Waals surface area contributed by atoms with Crippen LogP contribution in [-0.2, 0) is 13.1 Å². The summed E-state index contributed by atoms with van der Waals surface area (Å²) in [6.45, 7) is 8.08. The van der Waals surface area contributed by atoms with Crippen LogP contribution in [0.5, 0.6) is 0 Å². The van der Waals surface area contributed by atoms with Crippen LogP contribution in [0.1, 0.15) is 34.4 Å². The Kier molecular flexibility index (Phi) is 6.20. The third kappa shape index (κ3) is 4.40. The second-order valence-electron chi connectivity index (χ2n) is 8.32. The normalized spacial score (nSPS) is 14.0. The molecule has 6 heteroatoms. The minimum absolute atomic E-state index is 0.00823. The van der Waals surface area contributed by atoms with E-state index in [1.165, 1.54) is 11.1 Å². The summed E-state index contributed by atoms with van der Waals surface area (Å²) in [6, 6.07) is 16.4. The number of aromatic nitrogens is 2. The van der Waals surface area contributed by atoms with Crippen molar-refractivity contribution < 1.29 is 5.11 Å². The summed E-state index contributed by atoms with van der Waals surface area (Å²) in [6.07, 6.45) is 1.24. The summed E-state index contributed by atoms with van der Waals surface area (Å²) in [4.78, 5) is 22.8. The van der Waals surface area contributed by atoms with Gasteiger partial charge in [0.25, 0.3) is 5.56 Å². The second-order valence-corrected chi connectivity index (χ2v) is 8.32. The van der Waals surface area contributed by atoms with Crippen LogP contribution in [0.2, 0.25) is 0 Å². The first-order chi connectivity index (χ1) is 15.0. The van der Waals surface area contributed by atoms with Crippen LogP contribution in [-0.4, -0.2) is 39.4 Å². The number of aryl methyl sites for hydroxylation is 3. The molecule has 3 aromatic rings. The van der Waals surface area contributed by atoms with Gasteiger partial charge >= 0.3 is 0 Å². The number of aliphatic hydroxyl groups is 1. The highest BCUT2D eigenvalue weighted by Crippen LogP contribution is 2.29. The van der Waals surface area contributed by atoms with Crippen LogP contribution in [0.25, 0.3) is 0 Å². The highest BCUT2D eigenvalue weighted by Gasteiger charge is 2.27. The Morgan fingerprint density at radius 3 is 2.48 bits per heavy atom. The Labute approximate surface area is 183 Å². The lowest BCUT2D eigenvalue weighted by Gasteiger charge is -2.38. The number of anilines is 2. The van der Waals surface area contributed by atoms with E-state index < -0.39 is 0 Å². The predicted octanol–water partition coefficient (Wildman–Crippen LogP) is 3.51. The van der Waals surface area contributed by atoms with Gasteiger partial charge in [-0.2, -0.15) is 0 Å². The third-order valence-electron chi connectivity index (χ3n) is 6.03. The third-order valence-corrected chi connectivity index (χ3v) is 6.03. The van der Waals surface area contributed by atoms with Crippen LogP contribution in [0, 0.1) is 20.8 Å². The van der Waals surface area contributed by atoms with Crippen LogP contribution in [0.3, 0.4) is 0 Å². The molecule has 1 N–H and O–H groups in total. The van der Waals surface area contributed by atoms with Gasteiger partial charge in [0.2, 0.25) is 5.95 Å². The quantitative estimate of drug-likeness (QED) is 0.664. The van der Waals surface area contributed by atoms with Crippen molar-refractivity contribution in [3.63, 3.8) is 0 Å². The lowest BCUT2D eigenvalue weighted by molar-refractivity contribution is 0.175. The van der Waals surface area contributed by atoms with Crippen LogP contribution in [0.15, 0.2) is 53.3 Å². The van der Waals surface area contributed by atoms with Crippen molar-refractivity contribution in [2.45, 2.75) is 40.3 Å². The molecule has 0 bridgehead atoms. The number of hydrogen-bond donors (Lipinski definition) is 1. The van der Waals surface area contributed by atoms with Gasteiger partial charge in [0, 0.05) is 30.8 Å². The van der Waals surface area contributed by atoms with Crippen molar-refractivity contribution in [2.24, 2.45) is 0 Å². The summed E-state index contributed by atoms with van der Waals surface area (Å²) >= 11 is 0. The number of fused-ring (bicyclic) bond motifs is 1. The average molecular weight is 419 g/mol. The van der Waals surface area contributed by atoms with Crippen molar-refractivity contribution in [1.82, 2.24) is 14.5 Å². The summed E-state index contributed by atoms with van der Waals surface area (Å²) in [5.41, 5.74) is 6.08. The highest BCUT2D eigenvalue weighted by atomic mass is 16.3. The van der Waals surface area contributed by atoms with Gasteiger partial charge in [0.05, 0.1) is 19.0 Å². The van der Waals surface area contributed by atoms with E-state index in [2.05, 4.69) is 41.8 Å². The molecule has 2 aromatic carbocycles. The molecule has 0 saturated carbocycles. The molecule has 162 valence electrons. The molecule has 1 aliphatic rings. The molecule has 0 radical (unpaired) electrons. The fraction of sp³-hybridized carbons (Fsp3) is 0.360. The fourth-order valence-electron chi connectivity index (χ4n) is 4.06. The van der Waals surface area contributed by atoms with Crippen LogP contribution < -0.4 is 10.5 Å². The van der Waals surface area contributed by atoms with E-state index in [1.54, 1.807) is 4.57 Å². The van der Waals surface area contributed by atoms with E-state index in [0.717, 1.165) is 22.5 Å². The first-order valence-corrected chi connectivity index (χ1v) is 10.8. The van der Waals surface area contributed by atoms with Gasteiger partial charge in [0.1, 0.15) is 0 Å². The summed E-state index contributed by atoms with van der Waals surface area (Å²) < 4.78 is 1.78. The summed E-state index contributed by atoms with van der Waals surface area (Å²) in [7, 11) is 0. The van der Waals surface area contributed by atoms with Gasteiger partial charge in [-0.25, -0.2) is 4.98 Å². The molecular formula is C25H30N4O2. The lowest BCUT2D eigenvalue weighted by atomic mass is 10.0. The Morgan fingerprint density at radius 1 is 1.00 bits per heavy atom. The minimum Gasteiger partial charge on any atom is -0.396 e. The van der Waals surface area contributed by atoms with Crippen molar-refractivity contribution in [1.29, 1.82) is 0 Å². The SMILES string of the molecule is Cc1ccc(N2CN(CCCO)Cn3c2nc(C)c(Cc2ccccc2)c3=O)cc1C. The molecule has 0 spiro atoms. The second kappa shape index (κ2) is 9.04. The van der Waals surface area contributed by atoms with Gasteiger partial charge in [-0.1, -0.05) is 36.4 Å². The first-order valence-electron chi connectivity index (χ1n) is 10.8. The van der Waals surface area contributed by atoms with E-state index in [4.69, 9.17) is 4.98 Å². The Hall–Kier alpha value is -2.96. The molecule has 0 unspecified atom stereocenters. The predicted molar refractivity (Wildman–Crippen MR) is 124 cm³/mol. The molecule has 1 aliphatic heterocycles. The van der Waals surface area contributed by atoms with E-state index in [1.807, 2.05) is 37.3 Å². The van der Waals surface area contributed by atoms with Crippen molar-refractivity contribution in [3.8, 4) is 0 Å². The lowest BCUT2D eigenvalue weighted by Crippen LogP contribution is -2.48. The van der Waals surface area contributed by atoms with Gasteiger partial charge in [0.15, 0.2) is 0 Å². The minimum atomic E-state index is 0.00823. The molecule has 4 rings (SSSR count). The smallest absolute Gasteiger partial charge is 0.259 e. The number of benzene rings is 2. The highest BCUT2D eigenvalue weighted by molar-refractivity contribution is 5.60. The molecule has 6 nitrogen and oxygen atoms in total. The Balaban J connectivity index is 1.79. The number of aliphatic hydroxyl groups excluding tert-OH is 1. The Morgan fingerprint density at radius 2 is 1.77 bits per heavy atom. The van der Waals surface area contributed by atoms with Gasteiger partial charge in [-0.05, 0) is 56.0 Å². The van der Waals surface area contributed by atoms with E-state index in [-0.39, 0.29) is 12.2 Å². The topological polar surface area (TPSA) is 61.6 Å². The van der Waals surface area contributed by atoms with Gasteiger partial charge < -0.3 is 5.11 Å².